The molecule has 2 heterocycles. The Bertz CT molecular complexity index is 874. The Balaban J connectivity index is 2.26. The summed E-state index contributed by atoms with van der Waals surface area (Å²) in [6.45, 7) is 1.57. The molecule has 0 saturated carbocycles. The number of nitrogen functional groups attached to an aromatic ring is 1. The molecule has 8 heteroatoms. The summed E-state index contributed by atoms with van der Waals surface area (Å²) in [6.07, 6.45) is 0.312. The van der Waals surface area contributed by atoms with Crippen molar-refractivity contribution in [3.8, 4) is 0 Å². The summed E-state index contributed by atoms with van der Waals surface area (Å²) >= 11 is 0. The number of imide groups is 1. The van der Waals surface area contributed by atoms with Gasteiger partial charge in [-0.2, -0.15) is 0 Å². The summed E-state index contributed by atoms with van der Waals surface area (Å²) < 4.78 is 14.8. The monoisotopic (exact) mass is 304 g/mol. The Hall–Kier alpha value is -2.77. The second-order valence-electron chi connectivity index (χ2n) is 5.16. The maximum absolute atomic E-state index is 13.6. The smallest absolute Gasteiger partial charge is 0.264 e. The first kappa shape index (κ1) is 14.2. The molecule has 1 aromatic carbocycles. The van der Waals surface area contributed by atoms with E-state index < -0.39 is 23.3 Å². The summed E-state index contributed by atoms with van der Waals surface area (Å²) in [7, 11) is 0. The predicted molar refractivity (Wildman–Crippen MR) is 76.5 cm³/mol. The number of hydrogen-bond donors (Lipinski definition) is 2. The van der Waals surface area contributed by atoms with E-state index in [-0.39, 0.29) is 35.3 Å². The Morgan fingerprint density at radius 2 is 2.09 bits per heavy atom. The van der Waals surface area contributed by atoms with E-state index in [1.54, 1.807) is 6.92 Å². The lowest BCUT2D eigenvalue weighted by molar-refractivity contribution is -0.135. The van der Waals surface area contributed by atoms with Crippen molar-refractivity contribution in [2.45, 2.75) is 25.8 Å². The molecule has 0 bridgehead atoms. The molecule has 22 heavy (non-hydrogen) atoms. The number of amides is 2. The highest BCUT2D eigenvalue weighted by Gasteiger charge is 2.30. The summed E-state index contributed by atoms with van der Waals surface area (Å²) in [5.74, 6) is -1.37. The average Bonchev–Trinajstić information content (AvgIpc) is 2.45. The summed E-state index contributed by atoms with van der Waals surface area (Å²) in [5, 5.41) is 2.13. The van der Waals surface area contributed by atoms with Gasteiger partial charge in [0.05, 0.1) is 16.6 Å². The third-order valence-electron chi connectivity index (χ3n) is 3.76. The maximum atomic E-state index is 13.6. The van der Waals surface area contributed by atoms with Gasteiger partial charge in [0.25, 0.3) is 5.56 Å². The first-order chi connectivity index (χ1) is 10.4. The number of nitrogens with one attached hydrogen (secondary N) is 1. The van der Waals surface area contributed by atoms with E-state index in [2.05, 4.69) is 10.3 Å². The fourth-order valence-electron chi connectivity index (χ4n) is 2.69. The molecular formula is C14H13FN4O3. The molecule has 1 fully saturated rings. The Morgan fingerprint density at radius 3 is 2.77 bits per heavy atom. The van der Waals surface area contributed by atoms with Crippen LogP contribution in [0.25, 0.3) is 10.9 Å². The lowest BCUT2D eigenvalue weighted by Gasteiger charge is -2.24. The van der Waals surface area contributed by atoms with Gasteiger partial charge >= 0.3 is 0 Å². The molecule has 3 rings (SSSR count). The molecule has 1 aromatic heterocycles. The van der Waals surface area contributed by atoms with Crippen molar-refractivity contribution < 1.29 is 14.0 Å². The number of halogens is 1. The topological polar surface area (TPSA) is 107 Å². The molecule has 0 aliphatic carbocycles. The van der Waals surface area contributed by atoms with E-state index in [0.717, 1.165) is 6.07 Å². The maximum Gasteiger partial charge on any atom is 0.264 e. The number of nitrogens with zero attached hydrogens (tertiary/aromatic N) is 2. The van der Waals surface area contributed by atoms with Gasteiger partial charge in [-0.25, -0.2) is 9.37 Å². The minimum absolute atomic E-state index is 0.0599. The van der Waals surface area contributed by atoms with Crippen LogP contribution in [0.3, 0.4) is 0 Å². The molecule has 1 aliphatic rings. The lowest BCUT2D eigenvalue weighted by atomic mass is 10.1. The van der Waals surface area contributed by atoms with Crippen molar-refractivity contribution in [1.29, 1.82) is 0 Å². The molecule has 7 nitrogen and oxygen atoms in total. The molecule has 0 radical (unpaired) electrons. The second kappa shape index (κ2) is 4.90. The molecular weight excluding hydrogens is 291 g/mol. The lowest BCUT2D eigenvalue weighted by Crippen LogP contribution is -2.45. The highest BCUT2D eigenvalue weighted by molar-refractivity contribution is 5.99. The van der Waals surface area contributed by atoms with Gasteiger partial charge in [-0.1, -0.05) is 0 Å². The van der Waals surface area contributed by atoms with Crippen LogP contribution in [-0.4, -0.2) is 21.4 Å². The normalized spacial score (nSPS) is 18.5. The molecule has 1 saturated heterocycles. The molecule has 2 aromatic rings. The van der Waals surface area contributed by atoms with Gasteiger partial charge in [0, 0.05) is 6.42 Å². The van der Waals surface area contributed by atoms with Gasteiger partial charge in [-0.05, 0) is 25.5 Å². The number of carbonyl (C=O) groups is 2. The van der Waals surface area contributed by atoms with E-state index in [9.17, 15) is 18.8 Å². The minimum Gasteiger partial charge on any atom is -0.396 e. The molecule has 1 atom stereocenters. The second-order valence-corrected chi connectivity index (χ2v) is 5.16. The van der Waals surface area contributed by atoms with Crippen LogP contribution in [0.2, 0.25) is 0 Å². The number of piperidine rings is 1. The quantitative estimate of drug-likeness (QED) is 0.586. The Kier molecular flexibility index (Phi) is 3.16. The number of hydrogen-bond acceptors (Lipinski definition) is 5. The van der Waals surface area contributed by atoms with Crippen LogP contribution in [0.5, 0.6) is 0 Å². The van der Waals surface area contributed by atoms with Gasteiger partial charge in [0.1, 0.15) is 17.7 Å². The third kappa shape index (κ3) is 2.03. The standard InChI is InChI=1S/C14H13FN4O3/c1-6-17-8-3-2-7(15)12(16)11(8)14(22)19(6)9-4-5-10(20)18-13(9)21/h2-3,9H,4-5,16H2,1H3,(H,18,20,21). The number of anilines is 1. The first-order valence-electron chi connectivity index (χ1n) is 6.70. The van der Waals surface area contributed by atoms with Gasteiger partial charge in [-0.15, -0.1) is 0 Å². The summed E-state index contributed by atoms with van der Waals surface area (Å²) in [6, 6.07) is 1.65. The van der Waals surface area contributed by atoms with E-state index >= 15 is 0 Å². The van der Waals surface area contributed by atoms with Crippen molar-refractivity contribution in [1.82, 2.24) is 14.9 Å². The fraction of sp³-hybridized carbons (Fsp3) is 0.286. The molecule has 3 N–H and O–H groups in total. The molecule has 1 unspecified atom stereocenters. The third-order valence-corrected chi connectivity index (χ3v) is 3.76. The number of carbonyl (C=O) groups excluding carboxylic acids is 2. The summed E-state index contributed by atoms with van der Waals surface area (Å²) in [4.78, 5) is 40.1. The van der Waals surface area contributed by atoms with Crippen LogP contribution in [0.4, 0.5) is 10.1 Å². The largest absolute Gasteiger partial charge is 0.396 e. The van der Waals surface area contributed by atoms with Gasteiger partial charge in [-0.3, -0.25) is 24.3 Å². The number of aromatic nitrogens is 2. The Morgan fingerprint density at radius 1 is 1.36 bits per heavy atom. The van der Waals surface area contributed by atoms with Gasteiger partial charge in [0.15, 0.2) is 0 Å². The molecule has 114 valence electrons. The number of aryl methyl sites for hydroxylation is 1. The van der Waals surface area contributed by atoms with Crippen LogP contribution in [0.15, 0.2) is 16.9 Å². The summed E-state index contributed by atoms with van der Waals surface area (Å²) in [5.41, 5.74) is 5.03. The fourth-order valence-corrected chi connectivity index (χ4v) is 2.69. The highest BCUT2D eigenvalue weighted by Crippen LogP contribution is 2.23. The van der Waals surface area contributed by atoms with E-state index in [1.807, 2.05) is 0 Å². The van der Waals surface area contributed by atoms with Crippen LogP contribution in [-0.2, 0) is 9.59 Å². The van der Waals surface area contributed by atoms with Crippen molar-refractivity contribution in [2.24, 2.45) is 0 Å². The molecule has 2 amide bonds. The number of benzene rings is 1. The molecule has 1 aliphatic heterocycles. The van der Waals surface area contributed by atoms with Crippen LogP contribution >= 0.6 is 0 Å². The Labute approximate surface area is 123 Å². The van der Waals surface area contributed by atoms with Gasteiger partial charge in [0.2, 0.25) is 11.8 Å². The van der Waals surface area contributed by atoms with E-state index in [1.165, 1.54) is 10.6 Å². The van der Waals surface area contributed by atoms with Crippen molar-refractivity contribution in [3.63, 3.8) is 0 Å². The van der Waals surface area contributed by atoms with E-state index in [0.29, 0.717) is 5.82 Å². The number of rotatable bonds is 1. The van der Waals surface area contributed by atoms with Crippen molar-refractivity contribution >= 4 is 28.4 Å². The number of nitrogens with two attached hydrogens (primary N) is 1. The zero-order valence-corrected chi connectivity index (χ0v) is 11.7. The van der Waals surface area contributed by atoms with Gasteiger partial charge < -0.3 is 5.73 Å². The zero-order valence-electron chi connectivity index (χ0n) is 11.7. The van der Waals surface area contributed by atoms with Crippen LogP contribution in [0, 0.1) is 12.7 Å². The zero-order chi connectivity index (χ0) is 16.0. The SMILES string of the molecule is Cc1nc2ccc(F)c(N)c2c(=O)n1C1CCC(=O)NC1=O. The van der Waals surface area contributed by atoms with Crippen LogP contribution < -0.4 is 16.6 Å². The van der Waals surface area contributed by atoms with Crippen molar-refractivity contribution in [3.05, 3.63) is 34.1 Å². The van der Waals surface area contributed by atoms with Crippen LogP contribution in [0.1, 0.15) is 24.7 Å². The number of fused-ring (bicyclic) bond motifs is 1. The minimum atomic E-state index is -0.857. The highest BCUT2D eigenvalue weighted by atomic mass is 19.1. The van der Waals surface area contributed by atoms with Crippen molar-refractivity contribution in [2.75, 3.05) is 5.73 Å². The van der Waals surface area contributed by atoms with E-state index in [4.69, 9.17) is 5.73 Å². The predicted octanol–water partition coefficient (Wildman–Crippen LogP) is 0.404. The first-order valence-corrected chi connectivity index (χ1v) is 6.70. The average molecular weight is 304 g/mol. The molecule has 0 spiro atoms.